The van der Waals surface area contributed by atoms with Gasteiger partial charge in [0.15, 0.2) is 5.78 Å². The number of ether oxygens (including phenoxy) is 1. The maximum Gasteiger partial charge on any atom is 0.181 e. The molecule has 0 bridgehead atoms. The highest BCUT2D eigenvalue weighted by Crippen LogP contribution is 2.28. The zero-order valence-electron chi connectivity index (χ0n) is 13.0. The summed E-state index contributed by atoms with van der Waals surface area (Å²) in [6, 6.07) is 11.1. The fourth-order valence-corrected chi connectivity index (χ4v) is 2.53. The van der Waals surface area contributed by atoms with Crippen LogP contribution in [0.25, 0.3) is 0 Å². The fourth-order valence-electron chi connectivity index (χ4n) is 2.53. The Labute approximate surface area is 130 Å². The van der Waals surface area contributed by atoms with Crippen LogP contribution in [0, 0.1) is 0 Å². The monoisotopic (exact) mass is 299 g/mol. The fraction of sp³-hybridized carbons (Fsp3) is 0.333. The second kappa shape index (κ2) is 7.71. The molecule has 1 aromatic carbocycles. The number of aliphatic hydroxyl groups excluding tert-OH is 1. The first-order valence-corrected chi connectivity index (χ1v) is 7.37. The topological polar surface area (TPSA) is 59.4 Å². The Morgan fingerprint density at radius 1 is 1.32 bits per heavy atom. The Kier molecular flexibility index (Phi) is 5.67. The van der Waals surface area contributed by atoms with E-state index in [0.29, 0.717) is 18.5 Å². The van der Waals surface area contributed by atoms with Gasteiger partial charge in [-0.2, -0.15) is 0 Å². The van der Waals surface area contributed by atoms with Crippen LogP contribution < -0.4 is 4.74 Å². The van der Waals surface area contributed by atoms with Crippen molar-refractivity contribution in [2.45, 2.75) is 25.7 Å². The zero-order chi connectivity index (χ0) is 15.9. The first-order valence-electron chi connectivity index (χ1n) is 7.37. The van der Waals surface area contributed by atoms with Crippen molar-refractivity contribution in [1.82, 2.24) is 4.98 Å². The second-order valence-corrected chi connectivity index (χ2v) is 5.28. The van der Waals surface area contributed by atoms with E-state index in [0.717, 1.165) is 16.9 Å². The molecule has 1 N–H and O–H groups in total. The van der Waals surface area contributed by atoms with Gasteiger partial charge in [-0.05, 0) is 47.7 Å². The lowest BCUT2D eigenvalue weighted by Gasteiger charge is -2.17. The summed E-state index contributed by atoms with van der Waals surface area (Å²) in [7, 11) is 1.62. The highest BCUT2D eigenvalue weighted by Gasteiger charge is 2.17. The summed E-state index contributed by atoms with van der Waals surface area (Å²) in [4.78, 5) is 16.4. The smallest absolute Gasteiger partial charge is 0.181 e. The molecule has 0 aliphatic heterocycles. The number of ketones is 1. The summed E-state index contributed by atoms with van der Waals surface area (Å²) in [6.45, 7) is 2.09. The molecule has 1 atom stereocenters. The Morgan fingerprint density at radius 3 is 2.77 bits per heavy atom. The number of pyridine rings is 1. The highest BCUT2D eigenvalue weighted by molar-refractivity contribution is 5.94. The van der Waals surface area contributed by atoms with E-state index in [9.17, 15) is 9.90 Å². The molecule has 0 spiro atoms. The first kappa shape index (κ1) is 16.2. The van der Waals surface area contributed by atoms with Crippen molar-refractivity contribution in [1.29, 1.82) is 0 Å². The van der Waals surface area contributed by atoms with Crippen LogP contribution in [0.15, 0.2) is 42.6 Å². The Hall–Kier alpha value is -2.20. The van der Waals surface area contributed by atoms with Gasteiger partial charge >= 0.3 is 0 Å². The van der Waals surface area contributed by atoms with Gasteiger partial charge in [0.05, 0.1) is 7.11 Å². The van der Waals surface area contributed by atoms with Gasteiger partial charge in [0.25, 0.3) is 0 Å². The van der Waals surface area contributed by atoms with Crippen LogP contribution in [-0.4, -0.2) is 29.6 Å². The van der Waals surface area contributed by atoms with Crippen LogP contribution in [0.1, 0.15) is 40.9 Å². The molecular formula is C18H21NO3. The average molecular weight is 299 g/mol. The van der Waals surface area contributed by atoms with Gasteiger partial charge < -0.3 is 9.84 Å². The predicted octanol–water partition coefficient (Wildman–Crippen LogP) is 3.00. The van der Waals surface area contributed by atoms with Crippen LogP contribution in [0.2, 0.25) is 0 Å². The number of benzene rings is 1. The summed E-state index contributed by atoms with van der Waals surface area (Å²) in [5.74, 6) is 0.811. The number of Topliss-reactive ketones (excluding diaryl/α,β-unsaturated/α-hetero) is 1. The summed E-state index contributed by atoms with van der Waals surface area (Å²) in [5.41, 5.74) is 2.57. The van der Waals surface area contributed by atoms with Crippen LogP contribution in [0.4, 0.5) is 0 Å². The maximum absolute atomic E-state index is 12.3. The third-order valence-corrected chi connectivity index (χ3v) is 3.71. The molecule has 116 valence electrons. The second-order valence-electron chi connectivity index (χ2n) is 5.28. The minimum Gasteiger partial charge on any atom is -0.497 e. The van der Waals surface area contributed by atoms with Crippen molar-refractivity contribution in [3.8, 4) is 5.75 Å². The van der Waals surface area contributed by atoms with Crippen LogP contribution in [0.5, 0.6) is 5.75 Å². The molecule has 0 amide bonds. The van der Waals surface area contributed by atoms with Gasteiger partial charge in [-0.15, -0.1) is 0 Å². The molecule has 0 saturated carbocycles. The molecule has 22 heavy (non-hydrogen) atoms. The minimum atomic E-state index is 0.0193. The molecule has 0 fully saturated rings. The van der Waals surface area contributed by atoms with Crippen LogP contribution in [0.3, 0.4) is 0 Å². The van der Waals surface area contributed by atoms with Crippen molar-refractivity contribution < 1.29 is 14.6 Å². The van der Waals surface area contributed by atoms with Crippen molar-refractivity contribution in [2.24, 2.45) is 0 Å². The highest BCUT2D eigenvalue weighted by atomic mass is 16.5. The van der Waals surface area contributed by atoms with E-state index in [1.807, 2.05) is 31.2 Å². The molecule has 0 unspecified atom stereocenters. The van der Waals surface area contributed by atoms with Crippen LogP contribution >= 0.6 is 0 Å². The van der Waals surface area contributed by atoms with Gasteiger partial charge in [0, 0.05) is 19.2 Å². The summed E-state index contributed by atoms with van der Waals surface area (Å²) in [5, 5.41) is 9.20. The molecule has 0 aliphatic rings. The largest absolute Gasteiger partial charge is 0.497 e. The molecule has 4 nitrogen and oxygen atoms in total. The van der Waals surface area contributed by atoms with Gasteiger partial charge in [0.2, 0.25) is 0 Å². The third kappa shape index (κ3) is 3.92. The average Bonchev–Trinajstić information content (AvgIpc) is 2.56. The SMILES string of the molecule is COc1ccc(CCO)c([C@H](C)CC(=O)c2ccccn2)c1. The number of carbonyl (C=O) groups excluding carboxylic acids is 1. The first-order chi connectivity index (χ1) is 10.7. The molecular weight excluding hydrogens is 278 g/mol. The van der Waals surface area contributed by atoms with E-state index in [2.05, 4.69) is 4.98 Å². The summed E-state index contributed by atoms with van der Waals surface area (Å²) in [6.07, 6.45) is 2.57. The van der Waals surface area contributed by atoms with E-state index in [4.69, 9.17) is 4.74 Å². The number of aliphatic hydroxyl groups is 1. The molecule has 2 rings (SSSR count). The predicted molar refractivity (Wildman–Crippen MR) is 85.4 cm³/mol. The number of hydrogen-bond acceptors (Lipinski definition) is 4. The van der Waals surface area contributed by atoms with E-state index in [1.165, 1.54) is 0 Å². The Morgan fingerprint density at radius 2 is 2.14 bits per heavy atom. The number of rotatable bonds is 7. The lowest BCUT2D eigenvalue weighted by atomic mass is 9.89. The Balaban J connectivity index is 2.20. The van der Waals surface area contributed by atoms with Gasteiger partial charge in [-0.1, -0.05) is 19.1 Å². The molecule has 1 heterocycles. The summed E-state index contributed by atoms with van der Waals surface area (Å²) >= 11 is 0. The van der Waals surface area contributed by atoms with E-state index in [1.54, 1.807) is 25.4 Å². The zero-order valence-corrected chi connectivity index (χ0v) is 13.0. The molecule has 4 heteroatoms. The number of aromatic nitrogens is 1. The standard InChI is InChI=1S/C18H21NO3/c1-13(11-18(21)17-5-3-4-9-19-17)16-12-15(22-2)7-6-14(16)8-10-20/h3-7,9,12-13,20H,8,10-11H2,1-2H3/t13-/m1/s1. The third-order valence-electron chi connectivity index (χ3n) is 3.71. The normalized spacial score (nSPS) is 12.0. The molecule has 0 saturated heterocycles. The molecule has 0 aliphatic carbocycles. The van der Waals surface area contributed by atoms with Gasteiger partial charge in [-0.3, -0.25) is 9.78 Å². The maximum atomic E-state index is 12.3. The molecule has 1 aromatic heterocycles. The molecule has 0 radical (unpaired) electrons. The van der Waals surface area contributed by atoms with Crippen molar-refractivity contribution in [3.63, 3.8) is 0 Å². The van der Waals surface area contributed by atoms with E-state index in [-0.39, 0.29) is 18.3 Å². The summed E-state index contributed by atoms with van der Waals surface area (Å²) < 4.78 is 5.27. The number of carbonyl (C=O) groups is 1. The quantitative estimate of drug-likeness (QED) is 0.798. The Bertz CT molecular complexity index is 625. The lowest BCUT2D eigenvalue weighted by Crippen LogP contribution is -2.09. The van der Waals surface area contributed by atoms with Crippen molar-refractivity contribution in [3.05, 3.63) is 59.4 Å². The number of nitrogens with zero attached hydrogens (tertiary/aromatic N) is 1. The lowest BCUT2D eigenvalue weighted by molar-refractivity contribution is 0.0970. The van der Waals surface area contributed by atoms with Crippen molar-refractivity contribution in [2.75, 3.05) is 13.7 Å². The minimum absolute atomic E-state index is 0.0193. The molecule has 2 aromatic rings. The van der Waals surface area contributed by atoms with Crippen LogP contribution in [-0.2, 0) is 6.42 Å². The van der Waals surface area contributed by atoms with Gasteiger partial charge in [0.1, 0.15) is 11.4 Å². The van der Waals surface area contributed by atoms with Crippen molar-refractivity contribution >= 4 is 5.78 Å². The van der Waals surface area contributed by atoms with E-state index < -0.39 is 0 Å². The number of hydrogen-bond donors (Lipinski definition) is 1. The van der Waals surface area contributed by atoms with E-state index >= 15 is 0 Å². The number of methoxy groups -OCH3 is 1. The van der Waals surface area contributed by atoms with Gasteiger partial charge in [-0.25, -0.2) is 0 Å².